The number of nitrogens with one attached hydrogen (secondary N) is 1. The summed E-state index contributed by atoms with van der Waals surface area (Å²) < 4.78 is 82.2. The second-order valence-electron chi connectivity index (χ2n) is 1.49. The molecule has 0 spiro atoms. The number of halogens is 3. The number of rotatable bonds is 2. The highest BCUT2D eigenvalue weighted by atomic mass is 32.3. The van der Waals surface area contributed by atoms with Crippen LogP contribution in [0.5, 0.6) is 0 Å². The van der Waals surface area contributed by atoms with Crippen LogP contribution in [0.3, 0.4) is 0 Å². The molecule has 0 aliphatic carbocycles. The van der Waals surface area contributed by atoms with E-state index >= 15 is 0 Å². The van der Waals surface area contributed by atoms with Crippen LogP contribution < -0.4 is 4.13 Å². The quantitative estimate of drug-likeness (QED) is 0.603. The lowest BCUT2D eigenvalue weighted by Crippen LogP contribution is -2.39. The van der Waals surface area contributed by atoms with E-state index in [0.29, 0.717) is 0 Å². The average Bonchev–Trinajstić information content (AvgIpc) is 1.52. The predicted molar refractivity (Wildman–Crippen MR) is 27.8 cm³/mol. The third-order valence-corrected chi connectivity index (χ3v) is 2.82. The summed E-state index contributed by atoms with van der Waals surface area (Å²) in [7, 11) is -11.8. The van der Waals surface area contributed by atoms with Gasteiger partial charge in [-0.05, 0) is 0 Å². The molecule has 0 radical (unpaired) electrons. The van der Waals surface area contributed by atoms with Crippen LogP contribution in [0.4, 0.5) is 13.2 Å². The summed E-state index contributed by atoms with van der Waals surface area (Å²) in [5, 5.41) is 0. The summed E-state index contributed by atoms with van der Waals surface area (Å²) in [5.41, 5.74) is -5.82. The van der Waals surface area contributed by atoms with Crippen molar-refractivity contribution >= 4 is 20.3 Å². The first-order valence-electron chi connectivity index (χ1n) is 2.01. The molecule has 74 valence electrons. The van der Waals surface area contributed by atoms with Crippen LogP contribution >= 0.6 is 0 Å². The van der Waals surface area contributed by atoms with Gasteiger partial charge in [-0.3, -0.25) is 0 Å². The molecule has 0 aromatic heterocycles. The van der Waals surface area contributed by atoms with E-state index < -0.39 is 25.8 Å². The normalized spacial score (nSPS) is 14.7. The molecule has 0 bridgehead atoms. The molecular weight excluding hydrogens is 227 g/mol. The minimum Gasteiger partial charge on any atom is -0.735 e. The molecule has 0 atom stereocenters. The molecule has 0 saturated heterocycles. The van der Waals surface area contributed by atoms with Crippen LogP contribution in [-0.4, -0.2) is 26.9 Å². The van der Waals surface area contributed by atoms with Crippen LogP contribution in [0, 0.1) is 0 Å². The average molecular weight is 228 g/mol. The van der Waals surface area contributed by atoms with E-state index in [-0.39, 0.29) is 4.13 Å². The van der Waals surface area contributed by atoms with E-state index in [0.717, 1.165) is 0 Å². The predicted octanol–water partition coefficient (Wildman–Crippen LogP) is -1.11. The van der Waals surface area contributed by atoms with Gasteiger partial charge in [0, 0.05) is 0 Å². The van der Waals surface area contributed by atoms with Crippen molar-refractivity contribution in [1.82, 2.24) is 4.13 Å². The third-order valence-electron chi connectivity index (χ3n) is 0.516. The molecule has 0 aliphatic rings. The van der Waals surface area contributed by atoms with Gasteiger partial charge in [0.05, 0.1) is 0 Å². The van der Waals surface area contributed by atoms with Gasteiger partial charge in [-0.15, -0.1) is 4.13 Å². The highest BCUT2D eigenvalue weighted by molar-refractivity contribution is 8.02. The number of alkyl halides is 3. The zero-order valence-electron chi connectivity index (χ0n) is 4.99. The number of sulfonamides is 1. The topological polar surface area (TPSA) is 103 Å². The zero-order chi connectivity index (χ0) is 10.2. The van der Waals surface area contributed by atoms with Crippen molar-refractivity contribution < 1.29 is 34.6 Å². The van der Waals surface area contributed by atoms with Crippen molar-refractivity contribution in [3.63, 3.8) is 0 Å². The van der Waals surface area contributed by atoms with Gasteiger partial charge in [-0.25, -0.2) is 16.8 Å². The third kappa shape index (κ3) is 3.34. The Morgan fingerprint density at radius 2 is 1.42 bits per heavy atom. The molecule has 1 N–H and O–H groups in total. The first-order valence-corrected chi connectivity index (χ1v) is 4.90. The number of hydrogen-bond acceptors (Lipinski definition) is 5. The Hall–Kier alpha value is -0.390. The molecule has 0 aromatic carbocycles. The molecule has 0 amide bonds. The van der Waals surface area contributed by atoms with E-state index in [1.807, 2.05) is 0 Å². The molecule has 0 fully saturated rings. The van der Waals surface area contributed by atoms with Crippen LogP contribution in [0.2, 0.25) is 0 Å². The van der Waals surface area contributed by atoms with Crippen molar-refractivity contribution in [2.24, 2.45) is 0 Å². The maximum Gasteiger partial charge on any atom is 0.512 e. The fraction of sp³-hybridized carbons (Fsp3) is 1.00. The fourth-order valence-corrected chi connectivity index (χ4v) is 1.63. The molecular formula is CHF3NO5S2-. The Morgan fingerprint density at radius 3 is 1.50 bits per heavy atom. The Balaban J connectivity index is 4.96. The monoisotopic (exact) mass is 228 g/mol. The molecule has 0 aliphatic heterocycles. The first kappa shape index (κ1) is 11.6. The van der Waals surface area contributed by atoms with E-state index in [1.54, 1.807) is 0 Å². The van der Waals surface area contributed by atoms with Gasteiger partial charge < -0.3 is 4.55 Å². The van der Waals surface area contributed by atoms with Gasteiger partial charge in [0.2, 0.25) is 0 Å². The van der Waals surface area contributed by atoms with Crippen molar-refractivity contribution in [3.05, 3.63) is 0 Å². The Labute approximate surface area is 65.3 Å². The largest absolute Gasteiger partial charge is 0.735 e. The van der Waals surface area contributed by atoms with Crippen LogP contribution in [0.25, 0.3) is 0 Å². The van der Waals surface area contributed by atoms with Crippen LogP contribution in [0.1, 0.15) is 0 Å². The first-order chi connectivity index (χ1) is 4.96. The summed E-state index contributed by atoms with van der Waals surface area (Å²) in [4.78, 5) is 0. The molecule has 0 saturated carbocycles. The SMILES string of the molecule is O=S(=O)([O-])NS(=O)(=O)C(F)(F)F. The number of hydrogen-bond donors (Lipinski definition) is 1. The smallest absolute Gasteiger partial charge is 0.512 e. The summed E-state index contributed by atoms with van der Waals surface area (Å²) in [6.45, 7) is 0. The van der Waals surface area contributed by atoms with Gasteiger partial charge in [0.25, 0.3) is 0 Å². The maximum absolute atomic E-state index is 11.3. The Kier molecular flexibility index (Phi) is 2.74. The Morgan fingerprint density at radius 1 is 1.08 bits per heavy atom. The summed E-state index contributed by atoms with van der Waals surface area (Å²) in [6, 6.07) is 0. The van der Waals surface area contributed by atoms with E-state index in [9.17, 15) is 34.6 Å². The van der Waals surface area contributed by atoms with E-state index in [2.05, 4.69) is 0 Å². The van der Waals surface area contributed by atoms with Crippen molar-refractivity contribution in [2.75, 3.05) is 0 Å². The van der Waals surface area contributed by atoms with E-state index in [4.69, 9.17) is 0 Å². The minimum atomic E-state index is -6.11. The summed E-state index contributed by atoms with van der Waals surface area (Å²) >= 11 is 0. The van der Waals surface area contributed by atoms with Crippen LogP contribution in [-0.2, 0) is 20.3 Å². The standard InChI is InChI=1S/CH2F3NO5S2/c2-1(3,4)11(6,7)5-12(8,9)10/h5H,(H,8,9,10)/p-1. The molecule has 0 rings (SSSR count). The lowest BCUT2D eigenvalue weighted by atomic mass is 11.6. The van der Waals surface area contributed by atoms with Crippen molar-refractivity contribution in [2.45, 2.75) is 5.51 Å². The molecule has 0 aromatic rings. The second-order valence-corrected chi connectivity index (χ2v) is 4.53. The molecule has 0 unspecified atom stereocenters. The fourth-order valence-electron chi connectivity index (χ4n) is 0.182. The van der Waals surface area contributed by atoms with Gasteiger partial charge >= 0.3 is 15.5 Å². The second kappa shape index (κ2) is 2.83. The molecule has 6 nitrogen and oxygen atoms in total. The van der Waals surface area contributed by atoms with E-state index in [1.165, 1.54) is 0 Å². The Bertz CT molecular complexity index is 349. The van der Waals surface area contributed by atoms with Crippen molar-refractivity contribution in [1.29, 1.82) is 0 Å². The lowest BCUT2D eigenvalue weighted by Gasteiger charge is -2.11. The maximum atomic E-state index is 11.3. The lowest BCUT2D eigenvalue weighted by molar-refractivity contribution is -0.0442. The van der Waals surface area contributed by atoms with Crippen molar-refractivity contribution in [3.8, 4) is 0 Å². The van der Waals surface area contributed by atoms with Gasteiger partial charge in [-0.1, -0.05) is 0 Å². The highest BCUT2D eigenvalue weighted by Crippen LogP contribution is 2.21. The summed E-state index contributed by atoms with van der Waals surface area (Å²) in [5.74, 6) is 0. The summed E-state index contributed by atoms with van der Waals surface area (Å²) in [6.07, 6.45) is 0. The van der Waals surface area contributed by atoms with Gasteiger partial charge in [0.1, 0.15) is 0 Å². The minimum absolute atomic E-state index is 0.101. The molecule has 0 heterocycles. The van der Waals surface area contributed by atoms with Gasteiger partial charge in [-0.2, -0.15) is 13.2 Å². The van der Waals surface area contributed by atoms with Gasteiger partial charge in [0.15, 0.2) is 10.3 Å². The molecule has 11 heteroatoms. The highest BCUT2D eigenvalue weighted by Gasteiger charge is 2.46. The zero-order valence-corrected chi connectivity index (χ0v) is 6.62. The molecule has 12 heavy (non-hydrogen) atoms. The van der Waals surface area contributed by atoms with Crippen LogP contribution in [0.15, 0.2) is 0 Å².